The maximum Gasteiger partial charge on any atom is 0.169 e. The van der Waals surface area contributed by atoms with Crippen LogP contribution in [0.1, 0.15) is 13.3 Å². The molecule has 2 unspecified atom stereocenters. The highest BCUT2D eigenvalue weighted by Crippen LogP contribution is 2.33. The first kappa shape index (κ1) is 15.0. The van der Waals surface area contributed by atoms with Gasteiger partial charge in [-0.25, -0.2) is 4.39 Å². The second-order valence-corrected chi connectivity index (χ2v) is 6.26. The molecule has 0 spiro atoms. The van der Waals surface area contributed by atoms with Crippen LogP contribution in [0.15, 0.2) is 6.07 Å². The molecule has 7 heteroatoms. The maximum atomic E-state index is 13.8. The molecule has 0 saturated carbocycles. The summed E-state index contributed by atoms with van der Waals surface area (Å²) in [6.45, 7) is 2.33. The van der Waals surface area contributed by atoms with E-state index in [9.17, 15) is 8.60 Å². The molecule has 5 N–H and O–H groups in total. The molecule has 0 saturated heterocycles. The molecule has 0 radical (unpaired) electrons. The van der Waals surface area contributed by atoms with Crippen LogP contribution in [0, 0.1) is 5.82 Å². The number of hydrogen-bond donors (Lipinski definition) is 3. The van der Waals surface area contributed by atoms with Gasteiger partial charge in [0.25, 0.3) is 0 Å². The highest BCUT2D eigenvalue weighted by molar-refractivity contribution is 7.84. The van der Waals surface area contributed by atoms with Gasteiger partial charge in [0, 0.05) is 28.9 Å². The van der Waals surface area contributed by atoms with Crippen molar-refractivity contribution < 1.29 is 8.60 Å². The lowest BCUT2D eigenvalue weighted by molar-refractivity contribution is 0.631. The van der Waals surface area contributed by atoms with Crippen LogP contribution < -0.4 is 16.8 Å². The predicted octanol–water partition coefficient (Wildman–Crippen LogP) is 2.21. The molecule has 0 heterocycles. The lowest BCUT2D eigenvalue weighted by Crippen LogP contribution is -2.16. The molecule has 4 nitrogen and oxygen atoms in total. The third-order valence-corrected chi connectivity index (χ3v) is 4.44. The summed E-state index contributed by atoms with van der Waals surface area (Å²) in [5.41, 5.74) is 11.6. The lowest BCUT2D eigenvalue weighted by Gasteiger charge is -2.14. The molecule has 18 heavy (non-hydrogen) atoms. The van der Waals surface area contributed by atoms with E-state index < -0.39 is 16.6 Å². The maximum absolute atomic E-state index is 13.8. The fraction of sp³-hybridized carbons (Fsp3) is 0.455. The standard InChI is InChI=1S/C11H17ClFN3OS/c1-6(18(2)17)3-4-16-11-8(15)5-7(14)9(12)10(11)13/h5-6,16H,3-4,14-15H2,1-2H3. The van der Waals surface area contributed by atoms with Crippen LogP contribution in [-0.4, -0.2) is 22.3 Å². The molecule has 1 rings (SSSR count). The highest BCUT2D eigenvalue weighted by atomic mass is 35.5. The smallest absolute Gasteiger partial charge is 0.169 e. The first-order valence-electron chi connectivity index (χ1n) is 5.43. The summed E-state index contributed by atoms with van der Waals surface area (Å²) in [7, 11) is -0.898. The van der Waals surface area contributed by atoms with Crippen molar-refractivity contribution in [2.24, 2.45) is 0 Å². The zero-order valence-corrected chi connectivity index (χ0v) is 11.9. The average Bonchev–Trinajstić information content (AvgIpc) is 2.30. The first-order chi connectivity index (χ1) is 8.34. The van der Waals surface area contributed by atoms with Crippen molar-refractivity contribution in [1.82, 2.24) is 0 Å². The van der Waals surface area contributed by atoms with E-state index in [2.05, 4.69) is 5.32 Å². The van der Waals surface area contributed by atoms with E-state index in [1.165, 1.54) is 6.07 Å². The summed E-state index contributed by atoms with van der Waals surface area (Å²) < 4.78 is 25.0. The van der Waals surface area contributed by atoms with Crippen LogP contribution in [0.5, 0.6) is 0 Å². The van der Waals surface area contributed by atoms with E-state index in [4.69, 9.17) is 23.1 Å². The molecule has 1 aromatic carbocycles. The molecular weight excluding hydrogens is 277 g/mol. The topological polar surface area (TPSA) is 81.1 Å². The zero-order chi connectivity index (χ0) is 13.9. The van der Waals surface area contributed by atoms with Crippen molar-refractivity contribution in [3.63, 3.8) is 0 Å². The second-order valence-electron chi connectivity index (χ2n) is 4.08. The Bertz CT molecular complexity index is 470. The van der Waals surface area contributed by atoms with Crippen molar-refractivity contribution in [2.45, 2.75) is 18.6 Å². The minimum atomic E-state index is -0.898. The van der Waals surface area contributed by atoms with Gasteiger partial charge in [-0.15, -0.1) is 0 Å². The van der Waals surface area contributed by atoms with Gasteiger partial charge < -0.3 is 16.8 Å². The van der Waals surface area contributed by atoms with Crippen molar-refractivity contribution in [3.8, 4) is 0 Å². The van der Waals surface area contributed by atoms with Gasteiger partial charge >= 0.3 is 0 Å². The summed E-state index contributed by atoms with van der Waals surface area (Å²) in [6, 6.07) is 1.41. The summed E-state index contributed by atoms with van der Waals surface area (Å²) in [5, 5.41) is 2.75. The Labute approximate surface area is 113 Å². The van der Waals surface area contributed by atoms with Crippen molar-refractivity contribution >= 4 is 39.5 Å². The third-order valence-electron chi connectivity index (χ3n) is 2.68. The van der Waals surface area contributed by atoms with E-state index in [0.717, 1.165) is 0 Å². The van der Waals surface area contributed by atoms with Crippen LogP contribution in [-0.2, 0) is 10.8 Å². The van der Waals surface area contributed by atoms with E-state index in [1.54, 1.807) is 6.26 Å². The number of nitrogen functional groups attached to an aromatic ring is 2. The Hall–Kier alpha value is -1.01. The molecule has 1 aromatic rings. The summed E-state index contributed by atoms with van der Waals surface area (Å²) in [5.74, 6) is -0.653. The molecule has 2 atom stereocenters. The van der Waals surface area contributed by atoms with Crippen LogP contribution in [0.4, 0.5) is 21.5 Å². The SMILES string of the molecule is CC(CCNc1c(N)cc(N)c(Cl)c1F)S(C)=O. The van der Waals surface area contributed by atoms with Crippen LogP contribution >= 0.6 is 11.6 Å². The normalized spacial score (nSPS) is 14.2. The van der Waals surface area contributed by atoms with Gasteiger partial charge in [0.15, 0.2) is 5.82 Å². The molecular formula is C11H17ClFN3OS. The molecule has 0 fully saturated rings. The molecule has 0 aliphatic carbocycles. The number of anilines is 3. The second kappa shape index (κ2) is 6.24. The number of rotatable bonds is 5. The van der Waals surface area contributed by atoms with E-state index in [0.29, 0.717) is 13.0 Å². The van der Waals surface area contributed by atoms with Gasteiger partial charge in [-0.2, -0.15) is 0 Å². The van der Waals surface area contributed by atoms with Gasteiger partial charge in [0.2, 0.25) is 0 Å². The van der Waals surface area contributed by atoms with Gasteiger partial charge in [-0.1, -0.05) is 18.5 Å². The monoisotopic (exact) mass is 293 g/mol. The summed E-state index contributed by atoms with van der Waals surface area (Å²) in [4.78, 5) is 0. The number of halogens is 2. The number of nitrogens with one attached hydrogen (secondary N) is 1. The minimum absolute atomic E-state index is 0.0334. The Kier molecular flexibility index (Phi) is 5.22. The van der Waals surface area contributed by atoms with Gasteiger partial charge in [-0.3, -0.25) is 4.21 Å². The molecule has 0 aromatic heterocycles. The summed E-state index contributed by atoms with van der Waals surface area (Å²) >= 11 is 5.70. The van der Waals surface area contributed by atoms with E-state index >= 15 is 0 Å². The number of nitrogens with two attached hydrogens (primary N) is 2. The van der Waals surface area contributed by atoms with Gasteiger partial charge in [0.1, 0.15) is 5.02 Å². The van der Waals surface area contributed by atoms with Crippen molar-refractivity contribution in [3.05, 3.63) is 16.9 Å². The van der Waals surface area contributed by atoms with Crippen LogP contribution in [0.3, 0.4) is 0 Å². The summed E-state index contributed by atoms with van der Waals surface area (Å²) in [6.07, 6.45) is 2.28. The molecule has 0 aliphatic rings. The number of hydrogen-bond acceptors (Lipinski definition) is 4. The Morgan fingerprint density at radius 1 is 1.50 bits per heavy atom. The Morgan fingerprint density at radius 2 is 2.11 bits per heavy atom. The molecule has 0 bridgehead atoms. The molecule has 102 valence electrons. The minimum Gasteiger partial charge on any atom is -0.397 e. The molecule has 0 aliphatic heterocycles. The van der Waals surface area contributed by atoms with Crippen molar-refractivity contribution in [1.29, 1.82) is 0 Å². The van der Waals surface area contributed by atoms with Crippen LogP contribution in [0.25, 0.3) is 0 Å². The zero-order valence-electron chi connectivity index (χ0n) is 10.3. The van der Waals surface area contributed by atoms with Crippen LogP contribution in [0.2, 0.25) is 5.02 Å². The molecule has 0 amide bonds. The van der Waals surface area contributed by atoms with Crippen molar-refractivity contribution in [2.75, 3.05) is 29.6 Å². The van der Waals surface area contributed by atoms with Gasteiger partial charge in [-0.05, 0) is 12.5 Å². The quantitative estimate of drug-likeness (QED) is 0.727. The fourth-order valence-electron chi connectivity index (χ4n) is 1.41. The highest BCUT2D eigenvalue weighted by Gasteiger charge is 2.14. The number of benzene rings is 1. The van der Waals surface area contributed by atoms with Gasteiger partial charge in [0.05, 0.1) is 17.1 Å². The third kappa shape index (κ3) is 3.49. The Morgan fingerprint density at radius 3 is 2.67 bits per heavy atom. The first-order valence-corrected chi connectivity index (χ1v) is 7.43. The average molecular weight is 294 g/mol. The Balaban J connectivity index is 2.74. The fourth-order valence-corrected chi connectivity index (χ4v) is 2.01. The predicted molar refractivity (Wildman–Crippen MR) is 76.9 cm³/mol. The largest absolute Gasteiger partial charge is 0.397 e. The lowest BCUT2D eigenvalue weighted by atomic mass is 10.2. The van der Waals surface area contributed by atoms with E-state index in [1.807, 2.05) is 6.92 Å². The van der Waals surface area contributed by atoms with E-state index in [-0.39, 0.29) is 27.3 Å².